The summed E-state index contributed by atoms with van der Waals surface area (Å²) >= 11 is 1.19. The molecular weight excluding hydrogens is 416 g/mol. The van der Waals surface area contributed by atoms with Crippen molar-refractivity contribution in [3.63, 3.8) is 0 Å². The summed E-state index contributed by atoms with van der Waals surface area (Å²) in [5.41, 5.74) is 7.21. The summed E-state index contributed by atoms with van der Waals surface area (Å²) in [6.45, 7) is 2.03. The predicted molar refractivity (Wildman–Crippen MR) is 120 cm³/mol. The van der Waals surface area contributed by atoms with E-state index in [4.69, 9.17) is 10.5 Å². The van der Waals surface area contributed by atoms with Crippen molar-refractivity contribution >= 4 is 34.0 Å². The number of aryl methyl sites for hydroxylation is 1. The first-order valence-corrected chi connectivity index (χ1v) is 10.7. The topological polar surface area (TPSA) is 115 Å². The van der Waals surface area contributed by atoms with Gasteiger partial charge in [0, 0.05) is 38.3 Å². The van der Waals surface area contributed by atoms with Crippen LogP contribution >= 0.6 is 11.3 Å². The Morgan fingerprint density at radius 3 is 2.81 bits per heavy atom. The number of thiazole rings is 1. The van der Waals surface area contributed by atoms with Gasteiger partial charge in [0.2, 0.25) is 5.91 Å². The van der Waals surface area contributed by atoms with Crippen LogP contribution in [-0.2, 0) is 22.5 Å². The van der Waals surface area contributed by atoms with E-state index in [2.05, 4.69) is 15.3 Å². The zero-order valence-corrected chi connectivity index (χ0v) is 18.2. The van der Waals surface area contributed by atoms with Crippen LogP contribution < -0.4 is 16.0 Å². The molecule has 3 N–H and O–H groups in total. The number of carbonyl (C=O) groups is 2. The van der Waals surface area contributed by atoms with Gasteiger partial charge in [-0.1, -0.05) is 23.5 Å². The molecule has 0 atom stereocenters. The van der Waals surface area contributed by atoms with Gasteiger partial charge in [-0.3, -0.25) is 14.5 Å². The molecule has 0 fully saturated rings. The van der Waals surface area contributed by atoms with Gasteiger partial charge in [-0.05, 0) is 24.1 Å². The van der Waals surface area contributed by atoms with Crippen molar-refractivity contribution < 1.29 is 14.3 Å². The van der Waals surface area contributed by atoms with Crippen molar-refractivity contribution in [1.82, 2.24) is 19.9 Å². The van der Waals surface area contributed by atoms with Crippen LogP contribution in [0, 0.1) is 0 Å². The molecule has 2 amide bonds. The molecule has 9 nitrogen and oxygen atoms in total. The summed E-state index contributed by atoms with van der Waals surface area (Å²) in [7, 11) is 1.58. The van der Waals surface area contributed by atoms with Crippen LogP contribution in [-0.4, -0.2) is 53.2 Å². The molecule has 0 bridgehead atoms. The molecule has 2 heterocycles. The third-order valence-electron chi connectivity index (χ3n) is 4.54. The quantitative estimate of drug-likeness (QED) is 0.346. The Hall–Kier alpha value is -3.24. The van der Waals surface area contributed by atoms with Gasteiger partial charge >= 0.3 is 0 Å². The van der Waals surface area contributed by atoms with Gasteiger partial charge in [-0.15, -0.1) is 0 Å². The molecule has 0 aliphatic carbocycles. The van der Waals surface area contributed by atoms with Gasteiger partial charge in [0.25, 0.3) is 5.91 Å². The molecule has 0 aliphatic heterocycles. The maximum absolute atomic E-state index is 12.9. The van der Waals surface area contributed by atoms with Crippen LogP contribution in [0.1, 0.15) is 21.7 Å². The maximum Gasteiger partial charge on any atom is 0.263 e. The van der Waals surface area contributed by atoms with Gasteiger partial charge in [0.1, 0.15) is 4.88 Å². The minimum absolute atomic E-state index is 0.122. The second-order valence-electron chi connectivity index (χ2n) is 6.87. The number of nitrogens with two attached hydrogens (primary N) is 1. The van der Waals surface area contributed by atoms with Crippen molar-refractivity contribution in [2.75, 3.05) is 37.4 Å². The van der Waals surface area contributed by atoms with E-state index in [1.54, 1.807) is 36.7 Å². The molecule has 0 radical (unpaired) electrons. The highest BCUT2D eigenvalue weighted by molar-refractivity contribution is 7.17. The average Bonchev–Trinajstić information content (AvgIpc) is 3.45. The number of nitrogen functional groups attached to an aromatic ring is 1. The summed E-state index contributed by atoms with van der Waals surface area (Å²) < 4.78 is 7.10. The Bertz CT molecular complexity index is 971. The monoisotopic (exact) mass is 442 g/mol. The number of hydrogen-bond donors (Lipinski definition) is 2. The number of carbonyl (C=O) groups excluding carboxylic acids is 2. The second kappa shape index (κ2) is 11.2. The van der Waals surface area contributed by atoms with Gasteiger partial charge in [0.15, 0.2) is 5.13 Å². The first-order valence-electron chi connectivity index (χ1n) is 9.90. The molecule has 0 spiro atoms. The first kappa shape index (κ1) is 22.4. The Balaban J connectivity index is 1.58. The fourth-order valence-electron chi connectivity index (χ4n) is 2.88. The zero-order valence-electron chi connectivity index (χ0n) is 17.4. The van der Waals surface area contributed by atoms with Gasteiger partial charge < -0.3 is 20.4 Å². The maximum atomic E-state index is 12.9. The second-order valence-corrected chi connectivity index (χ2v) is 7.88. The molecule has 3 rings (SSSR count). The largest absolute Gasteiger partial charge is 0.399 e. The number of anilines is 2. The van der Waals surface area contributed by atoms with Crippen LogP contribution in [0.2, 0.25) is 0 Å². The fraction of sp³-hybridized carbons (Fsp3) is 0.333. The number of nitrogens with one attached hydrogen (secondary N) is 1. The molecule has 0 unspecified atom stereocenters. The lowest BCUT2D eigenvalue weighted by molar-refractivity contribution is -0.118. The van der Waals surface area contributed by atoms with E-state index >= 15 is 0 Å². The van der Waals surface area contributed by atoms with E-state index in [0.717, 1.165) is 18.5 Å². The molecule has 10 heteroatoms. The Morgan fingerprint density at radius 1 is 1.29 bits per heavy atom. The minimum atomic E-state index is -0.202. The summed E-state index contributed by atoms with van der Waals surface area (Å²) in [5.74, 6) is -0.324. The molecule has 164 valence electrons. The SMILES string of the molecule is COCCN(C(=O)Cc1ccc(N)cc1)c1ncc(C(=O)NCCCn2ccnc2)s1. The summed E-state index contributed by atoms with van der Waals surface area (Å²) in [6.07, 6.45) is 7.84. The number of methoxy groups -OCH3 is 1. The minimum Gasteiger partial charge on any atom is -0.399 e. The molecule has 2 aromatic heterocycles. The number of ether oxygens (including phenoxy) is 1. The molecule has 3 aromatic rings. The van der Waals surface area contributed by atoms with Crippen molar-refractivity contribution in [1.29, 1.82) is 0 Å². The van der Waals surface area contributed by atoms with Gasteiger partial charge in [-0.2, -0.15) is 0 Å². The number of imidazole rings is 1. The highest BCUT2D eigenvalue weighted by Gasteiger charge is 2.21. The Morgan fingerprint density at radius 2 is 2.10 bits per heavy atom. The van der Waals surface area contributed by atoms with Crippen molar-refractivity contribution in [3.05, 3.63) is 59.6 Å². The molecule has 1 aromatic carbocycles. The highest BCUT2D eigenvalue weighted by atomic mass is 32.1. The summed E-state index contributed by atoms with van der Waals surface area (Å²) in [5, 5.41) is 3.36. The number of nitrogens with zero attached hydrogens (tertiary/aromatic N) is 4. The lowest BCUT2D eigenvalue weighted by Crippen LogP contribution is -2.35. The molecule has 0 saturated heterocycles. The third kappa shape index (κ3) is 6.63. The number of aromatic nitrogens is 3. The number of amides is 2. The number of hydrogen-bond acceptors (Lipinski definition) is 7. The van der Waals surface area contributed by atoms with Crippen LogP contribution in [0.3, 0.4) is 0 Å². The summed E-state index contributed by atoms with van der Waals surface area (Å²) in [4.78, 5) is 35.7. The van der Waals surface area contributed by atoms with E-state index in [0.29, 0.717) is 35.4 Å². The average molecular weight is 443 g/mol. The lowest BCUT2D eigenvalue weighted by atomic mass is 10.1. The normalized spacial score (nSPS) is 10.7. The van der Waals surface area contributed by atoms with E-state index < -0.39 is 0 Å². The predicted octanol–water partition coefficient (Wildman–Crippen LogP) is 1.96. The van der Waals surface area contributed by atoms with E-state index in [1.165, 1.54) is 17.5 Å². The highest BCUT2D eigenvalue weighted by Crippen LogP contribution is 2.23. The van der Waals surface area contributed by atoms with Crippen LogP contribution in [0.25, 0.3) is 0 Å². The summed E-state index contributed by atoms with van der Waals surface area (Å²) in [6, 6.07) is 7.18. The van der Waals surface area contributed by atoms with Crippen molar-refractivity contribution in [2.24, 2.45) is 0 Å². The first-order chi connectivity index (χ1) is 15.1. The van der Waals surface area contributed by atoms with E-state index in [1.807, 2.05) is 22.9 Å². The van der Waals surface area contributed by atoms with Crippen LogP contribution in [0.5, 0.6) is 0 Å². The third-order valence-corrected chi connectivity index (χ3v) is 5.56. The van der Waals surface area contributed by atoms with Crippen LogP contribution in [0.4, 0.5) is 10.8 Å². The van der Waals surface area contributed by atoms with Crippen molar-refractivity contribution in [3.8, 4) is 0 Å². The van der Waals surface area contributed by atoms with E-state index in [-0.39, 0.29) is 18.2 Å². The lowest BCUT2D eigenvalue weighted by Gasteiger charge is -2.19. The van der Waals surface area contributed by atoms with Gasteiger partial charge in [0.05, 0.1) is 32.1 Å². The molecule has 0 saturated carbocycles. The standard InChI is InChI=1S/C21H26N6O3S/c1-30-12-11-27(19(28)13-16-3-5-17(22)6-4-16)21-25-14-18(31-21)20(29)24-7-2-9-26-10-8-23-15-26/h3-6,8,10,14-15H,2,7,9,11-13,22H2,1H3,(H,24,29). The Labute approximate surface area is 184 Å². The Kier molecular flexibility index (Phi) is 8.13. The van der Waals surface area contributed by atoms with Gasteiger partial charge in [-0.25, -0.2) is 9.97 Å². The molecule has 0 aliphatic rings. The van der Waals surface area contributed by atoms with E-state index in [9.17, 15) is 9.59 Å². The zero-order chi connectivity index (χ0) is 22.1. The van der Waals surface area contributed by atoms with Crippen molar-refractivity contribution in [2.45, 2.75) is 19.4 Å². The number of rotatable bonds is 11. The smallest absolute Gasteiger partial charge is 0.263 e. The molecule has 31 heavy (non-hydrogen) atoms. The number of benzene rings is 1. The van der Waals surface area contributed by atoms with Crippen LogP contribution in [0.15, 0.2) is 49.2 Å². The molecular formula is C21H26N6O3S. The fourth-order valence-corrected chi connectivity index (χ4v) is 3.76.